The van der Waals surface area contributed by atoms with Crippen molar-refractivity contribution in [2.45, 2.75) is 18.0 Å². The predicted octanol–water partition coefficient (Wildman–Crippen LogP) is 0.595. The normalized spacial score (nSPS) is 26.3. The second-order valence-corrected chi connectivity index (χ2v) is 6.66. The molecule has 1 aromatic carbocycles. The number of nitrogens with zero attached hydrogens (tertiary/aromatic N) is 2. The van der Waals surface area contributed by atoms with Gasteiger partial charge in [-0.2, -0.15) is 0 Å². The molecule has 23 heavy (non-hydrogen) atoms. The molecule has 2 saturated heterocycles. The van der Waals surface area contributed by atoms with Crippen molar-refractivity contribution >= 4 is 35.0 Å². The Hall–Kier alpha value is -1.34. The molecule has 0 spiro atoms. The van der Waals surface area contributed by atoms with Gasteiger partial charge in [0.2, 0.25) is 5.91 Å². The van der Waals surface area contributed by atoms with Gasteiger partial charge in [-0.3, -0.25) is 19.9 Å². The van der Waals surface area contributed by atoms with Crippen LogP contribution in [0, 0.1) is 0 Å². The van der Waals surface area contributed by atoms with E-state index in [1.807, 2.05) is 34.1 Å². The predicted molar refractivity (Wildman–Crippen MR) is 88.0 cm³/mol. The first-order chi connectivity index (χ1) is 11.0. The van der Waals surface area contributed by atoms with Gasteiger partial charge < -0.3 is 4.90 Å². The van der Waals surface area contributed by atoms with Gasteiger partial charge in [-0.15, -0.1) is 11.6 Å². The van der Waals surface area contributed by atoms with Crippen molar-refractivity contribution in [3.05, 3.63) is 34.9 Å². The van der Waals surface area contributed by atoms with Crippen LogP contribution < -0.4 is 10.9 Å². The molecule has 2 heterocycles. The van der Waals surface area contributed by atoms with E-state index in [1.165, 1.54) is 0 Å². The van der Waals surface area contributed by atoms with E-state index in [1.54, 1.807) is 0 Å². The topological polar surface area (TPSA) is 64.7 Å². The highest BCUT2D eigenvalue weighted by Crippen LogP contribution is 2.18. The Labute approximate surface area is 144 Å². The zero-order chi connectivity index (χ0) is 16.4. The molecule has 0 radical (unpaired) electrons. The highest BCUT2D eigenvalue weighted by Gasteiger charge is 2.37. The van der Waals surface area contributed by atoms with Crippen molar-refractivity contribution in [2.24, 2.45) is 0 Å². The van der Waals surface area contributed by atoms with Crippen LogP contribution in [0.4, 0.5) is 0 Å². The first-order valence-electron chi connectivity index (χ1n) is 7.47. The van der Waals surface area contributed by atoms with E-state index in [0.717, 1.165) is 5.56 Å². The summed E-state index contributed by atoms with van der Waals surface area (Å²) in [4.78, 5) is 27.8. The van der Waals surface area contributed by atoms with Gasteiger partial charge >= 0.3 is 0 Å². The van der Waals surface area contributed by atoms with Crippen LogP contribution in [0.2, 0.25) is 5.02 Å². The number of rotatable bonds is 3. The zero-order valence-corrected chi connectivity index (χ0v) is 14.0. The zero-order valence-electron chi connectivity index (χ0n) is 12.5. The minimum atomic E-state index is -0.646. The molecular formula is C15H18Cl2N4O2. The Kier molecular flexibility index (Phi) is 5.06. The third-order valence-corrected chi connectivity index (χ3v) is 4.96. The molecule has 124 valence electrons. The smallest absolute Gasteiger partial charge is 0.253 e. The lowest BCUT2D eigenvalue weighted by Crippen LogP contribution is -2.65. The van der Waals surface area contributed by atoms with Crippen molar-refractivity contribution in [3.63, 3.8) is 0 Å². The molecule has 8 heteroatoms. The average Bonchev–Trinajstić information content (AvgIpc) is 2.54. The largest absolute Gasteiger partial charge is 0.336 e. The molecule has 0 aromatic heterocycles. The number of amides is 2. The number of piperazine rings is 1. The Morgan fingerprint density at radius 3 is 2.61 bits per heavy atom. The van der Waals surface area contributed by atoms with E-state index in [-0.39, 0.29) is 24.4 Å². The fourth-order valence-electron chi connectivity index (χ4n) is 2.89. The Bertz CT molecular complexity index is 596. The molecule has 2 amide bonds. The molecule has 0 saturated carbocycles. The van der Waals surface area contributed by atoms with Gasteiger partial charge in [-0.05, 0) is 17.7 Å². The van der Waals surface area contributed by atoms with Crippen LogP contribution in [0.15, 0.2) is 24.3 Å². The minimum Gasteiger partial charge on any atom is -0.336 e. The molecular weight excluding hydrogens is 339 g/mol. The molecule has 0 bridgehead atoms. The molecule has 2 aliphatic rings. The number of hydrogen-bond acceptors (Lipinski definition) is 4. The summed E-state index contributed by atoms with van der Waals surface area (Å²) in [5.74, 6) is -0.208. The minimum absolute atomic E-state index is 0.0426. The third kappa shape index (κ3) is 3.77. The molecule has 1 aromatic rings. The maximum Gasteiger partial charge on any atom is 0.253 e. The molecule has 3 rings (SSSR count). The molecule has 6 nitrogen and oxygen atoms in total. The second kappa shape index (κ2) is 7.05. The van der Waals surface area contributed by atoms with Gasteiger partial charge in [-0.1, -0.05) is 23.7 Å². The molecule has 2 unspecified atom stereocenters. The van der Waals surface area contributed by atoms with Crippen LogP contribution in [0.5, 0.6) is 0 Å². The fourth-order valence-corrected chi connectivity index (χ4v) is 3.32. The van der Waals surface area contributed by atoms with E-state index >= 15 is 0 Å². The monoisotopic (exact) mass is 356 g/mol. The lowest BCUT2D eigenvalue weighted by atomic mass is 10.1. The van der Waals surface area contributed by atoms with E-state index in [9.17, 15) is 9.59 Å². The van der Waals surface area contributed by atoms with Crippen molar-refractivity contribution in [2.75, 3.05) is 26.2 Å². The summed E-state index contributed by atoms with van der Waals surface area (Å²) in [5, 5.41) is 0.0352. The number of hydrazine groups is 1. The number of benzene rings is 1. The van der Waals surface area contributed by atoms with Gasteiger partial charge in [0.1, 0.15) is 5.38 Å². The Morgan fingerprint density at radius 1 is 1.17 bits per heavy atom. The van der Waals surface area contributed by atoms with E-state index in [0.29, 0.717) is 31.2 Å². The quantitative estimate of drug-likeness (QED) is 0.778. The van der Waals surface area contributed by atoms with Crippen LogP contribution in [-0.4, -0.2) is 59.2 Å². The van der Waals surface area contributed by atoms with Gasteiger partial charge in [0.05, 0.1) is 6.54 Å². The highest BCUT2D eigenvalue weighted by atomic mass is 35.5. The van der Waals surface area contributed by atoms with E-state index in [2.05, 4.69) is 10.9 Å². The van der Waals surface area contributed by atoms with Crippen LogP contribution >= 0.6 is 23.2 Å². The number of nitrogens with one attached hydrogen (secondary N) is 2. The summed E-state index contributed by atoms with van der Waals surface area (Å²) in [6.45, 7) is 2.68. The van der Waals surface area contributed by atoms with Crippen LogP contribution in [0.25, 0.3) is 0 Å². The Morgan fingerprint density at radius 2 is 1.91 bits per heavy atom. The molecule has 0 aliphatic carbocycles. The van der Waals surface area contributed by atoms with Crippen molar-refractivity contribution in [1.82, 2.24) is 20.7 Å². The molecule has 2 aliphatic heterocycles. The summed E-state index contributed by atoms with van der Waals surface area (Å²) >= 11 is 12.0. The van der Waals surface area contributed by atoms with Crippen LogP contribution in [-0.2, 0) is 16.1 Å². The van der Waals surface area contributed by atoms with Crippen molar-refractivity contribution in [1.29, 1.82) is 0 Å². The van der Waals surface area contributed by atoms with Gasteiger partial charge in [-0.25, -0.2) is 5.43 Å². The fraction of sp³-hybridized carbons (Fsp3) is 0.467. The van der Waals surface area contributed by atoms with Gasteiger partial charge in [0, 0.05) is 37.2 Å². The van der Waals surface area contributed by atoms with E-state index < -0.39 is 5.38 Å². The lowest BCUT2D eigenvalue weighted by Gasteiger charge is -2.41. The average molecular weight is 357 g/mol. The number of carbonyl (C=O) groups is 2. The summed E-state index contributed by atoms with van der Waals surface area (Å²) in [7, 11) is 0. The Balaban J connectivity index is 1.60. The van der Waals surface area contributed by atoms with E-state index in [4.69, 9.17) is 23.2 Å². The summed E-state index contributed by atoms with van der Waals surface area (Å²) < 4.78 is 0. The standard InChI is InChI=1S/C15H18Cl2N4O2/c16-11-3-1-10(2-4-11)8-21-6-5-20(9-13(21)22)12-7-18-19-15(23)14(12)17/h1-4,12,14,18H,5-9H2,(H,19,23). The third-order valence-electron chi connectivity index (χ3n) is 4.21. The SMILES string of the molecule is O=C1NNCC(N2CCN(Cc3ccc(Cl)cc3)C(=O)C2)C1Cl. The van der Waals surface area contributed by atoms with Gasteiger partial charge in [0.25, 0.3) is 5.91 Å². The maximum atomic E-state index is 12.4. The second-order valence-electron chi connectivity index (χ2n) is 5.75. The molecule has 2 fully saturated rings. The first kappa shape index (κ1) is 16.5. The van der Waals surface area contributed by atoms with Gasteiger partial charge in [0.15, 0.2) is 0 Å². The van der Waals surface area contributed by atoms with Crippen LogP contribution in [0.1, 0.15) is 5.56 Å². The maximum absolute atomic E-state index is 12.4. The number of halogens is 2. The highest BCUT2D eigenvalue weighted by molar-refractivity contribution is 6.31. The molecule has 2 N–H and O–H groups in total. The summed E-state index contributed by atoms with van der Waals surface area (Å²) in [5.41, 5.74) is 6.37. The number of alkyl halides is 1. The lowest BCUT2D eigenvalue weighted by molar-refractivity contribution is -0.139. The number of hydrogen-bond donors (Lipinski definition) is 2. The van der Waals surface area contributed by atoms with Crippen LogP contribution in [0.3, 0.4) is 0 Å². The molecule has 2 atom stereocenters. The first-order valence-corrected chi connectivity index (χ1v) is 8.29. The summed E-state index contributed by atoms with van der Waals surface area (Å²) in [6.07, 6.45) is 0. The summed E-state index contributed by atoms with van der Waals surface area (Å²) in [6, 6.07) is 7.31. The van der Waals surface area contributed by atoms with Crippen molar-refractivity contribution in [3.8, 4) is 0 Å². The number of carbonyl (C=O) groups excluding carboxylic acids is 2. The van der Waals surface area contributed by atoms with Crippen molar-refractivity contribution < 1.29 is 9.59 Å².